The van der Waals surface area contributed by atoms with Gasteiger partial charge in [-0.2, -0.15) is 0 Å². The molecule has 0 bridgehead atoms. The number of allylic oxidation sites excluding steroid dienone is 1. The van der Waals surface area contributed by atoms with E-state index in [0.717, 1.165) is 25.4 Å². The van der Waals surface area contributed by atoms with Crippen LogP contribution in [0.25, 0.3) is 0 Å². The second kappa shape index (κ2) is 6.05. The third-order valence-electron chi connectivity index (χ3n) is 3.60. The van der Waals surface area contributed by atoms with Crippen LogP contribution in [0.2, 0.25) is 0 Å². The molecule has 1 fully saturated rings. The lowest BCUT2D eigenvalue weighted by Crippen LogP contribution is -2.25. The average molecular weight is 251 g/mol. The Morgan fingerprint density at radius 1 is 1.39 bits per heavy atom. The summed E-state index contributed by atoms with van der Waals surface area (Å²) in [6, 6.07) is 0. The van der Waals surface area contributed by atoms with Crippen molar-refractivity contribution in [2.75, 3.05) is 33.9 Å². The molecule has 0 N–H and O–H groups in total. The van der Waals surface area contributed by atoms with Gasteiger partial charge >= 0.3 is 5.97 Å². The van der Waals surface area contributed by atoms with Gasteiger partial charge in [0, 0.05) is 12.1 Å². The fourth-order valence-electron chi connectivity index (χ4n) is 2.57. The van der Waals surface area contributed by atoms with E-state index in [4.69, 9.17) is 9.47 Å². The monoisotopic (exact) mass is 251 g/mol. The molecule has 0 saturated carbocycles. The van der Waals surface area contributed by atoms with E-state index in [1.54, 1.807) is 7.11 Å². The van der Waals surface area contributed by atoms with Crippen molar-refractivity contribution in [3.05, 3.63) is 23.5 Å². The zero-order valence-corrected chi connectivity index (χ0v) is 11.1. The van der Waals surface area contributed by atoms with E-state index in [1.807, 2.05) is 6.08 Å². The highest BCUT2D eigenvalue weighted by Gasteiger charge is 2.24. The summed E-state index contributed by atoms with van der Waals surface area (Å²) in [5.41, 5.74) is 1.19. The number of ether oxygens (including phenoxy) is 2. The van der Waals surface area contributed by atoms with Gasteiger partial charge in [0.2, 0.25) is 0 Å². The average Bonchev–Trinajstić information content (AvgIpc) is 2.91. The topological polar surface area (TPSA) is 38.8 Å². The van der Waals surface area contributed by atoms with E-state index in [-0.39, 0.29) is 11.9 Å². The molecule has 0 aromatic carbocycles. The van der Waals surface area contributed by atoms with Crippen LogP contribution in [0.4, 0.5) is 0 Å². The minimum Gasteiger partial charge on any atom is -0.497 e. The Morgan fingerprint density at radius 3 is 2.72 bits per heavy atom. The Balaban J connectivity index is 2.01. The van der Waals surface area contributed by atoms with Gasteiger partial charge in [-0.1, -0.05) is 6.08 Å². The standard InChI is InChI=1S/C14H21NO3/c1-17-13-9-11(14(16)18-2)5-6-12(13)10-15-7-3-4-8-15/h6,9,11H,3-5,7-8,10H2,1-2H3. The fourth-order valence-corrected chi connectivity index (χ4v) is 2.57. The number of rotatable bonds is 4. The zero-order chi connectivity index (χ0) is 13.0. The molecule has 0 spiro atoms. The van der Waals surface area contributed by atoms with Crippen molar-refractivity contribution in [2.24, 2.45) is 5.92 Å². The van der Waals surface area contributed by atoms with Crippen molar-refractivity contribution in [1.29, 1.82) is 0 Å². The maximum absolute atomic E-state index is 11.5. The van der Waals surface area contributed by atoms with Crippen LogP contribution in [0.1, 0.15) is 19.3 Å². The molecule has 18 heavy (non-hydrogen) atoms. The number of carbonyl (C=O) groups excluding carboxylic acids is 1. The van der Waals surface area contributed by atoms with Crippen LogP contribution in [0, 0.1) is 5.92 Å². The molecular weight excluding hydrogens is 230 g/mol. The quantitative estimate of drug-likeness (QED) is 0.713. The van der Waals surface area contributed by atoms with E-state index in [9.17, 15) is 4.79 Å². The Kier molecular flexibility index (Phi) is 4.42. The van der Waals surface area contributed by atoms with Crippen LogP contribution in [0.3, 0.4) is 0 Å². The van der Waals surface area contributed by atoms with Gasteiger partial charge in [0.25, 0.3) is 0 Å². The number of nitrogens with zero attached hydrogens (tertiary/aromatic N) is 1. The van der Waals surface area contributed by atoms with E-state index in [1.165, 1.54) is 25.5 Å². The second-order valence-corrected chi connectivity index (χ2v) is 4.81. The zero-order valence-electron chi connectivity index (χ0n) is 11.1. The molecule has 0 radical (unpaired) electrons. The van der Waals surface area contributed by atoms with Gasteiger partial charge < -0.3 is 9.47 Å². The highest BCUT2D eigenvalue weighted by Crippen LogP contribution is 2.26. The number of methoxy groups -OCH3 is 2. The molecule has 1 unspecified atom stereocenters. The van der Waals surface area contributed by atoms with Crippen molar-refractivity contribution in [1.82, 2.24) is 4.90 Å². The maximum Gasteiger partial charge on any atom is 0.312 e. The summed E-state index contributed by atoms with van der Waals surface area (Å²) in [5, 5.41) is 0. The third-order valence-corrected chi connectivity index (χ3v) is 3.60. The normalized spacial score (nSPS) is 24.4. The number of likely N-dealkylation sites (tertiary alicyclic amines) is 1. The van der Waals surface area contributed by atoms with E-state index < -0.39 is 0 Å². The first-order chi connectivity index (χ1) is 8.74. The molecule has 1 atom stereocenters. The van der Waals surface area contributed by atoms with Crippen molar-refractivity contribution < 1.29 is 14.3 Å². The van der Waals surface area contributed by atoms with Gasteiger partial charge in [0.1, 0.15) is 5.76 Å². The van der Waals surface area contributed by atoms with Gasteiger partial charge in [-0.05, 0) is 38.4 Å². The summed E-state index contributed by atoms with van der Waals surface area (Å²) in [5.74, 6) is 0.428. The van der Waals surface area contributed by atoms with Crippen LogP contribution < -0.4 is 0 Å². The van der Waals surface area contributed by atoms with Gasteiger partial charge in [-0.25, -0.2) is 0 Å². The predicted molar refractivity (Wildman–Crippen MR) is 69.0 cm³/mol. The Hall–Kier alpha value is -1.29. The van der Waals surface area contributed by atoms with Crippen LogP contribution in [-0.2, 0) is 14.3 Å². The molecular formula is C14H21NO3. The summed E-state index contributed by atoms with van der Waals surface area (Å²) in [7, 11) is 3.08. The lowest BCUT2D eigenvalue weighted by molar-refractivity contribution is -0.143. The van der Waals surface area contributed by atoms with Crippen LogP contribution in [0.15, 0.2) is 23.5 Å². The van der Waals surface area contributed by atoms with E-state index >= 15 is 0 Å². The smallest absolute Gasteiger partial charge is 0.312 e. The summed E-state index contributed by atoms with van der Waals surface area (Å²) < 4.78 is 10.2. The summed E-state index contributed by atoms with van der Waals surface area (Å²) in [6.07, 6.45) is 7.27. The number of carbonyl (C=O) groups is 1. The first-order valence-electron chi connectivity index (χ1n) is 6.50. The number of hydrogen-bond acceptors (Lipinski definition) is 4. The second-order valence-electron chi connectivity index (χ2n) is 4.81. The van der Waals surface area contributed by atoms with Gasteiger partial charge in [0.05, 0.1) is 20.1 Å². The largest absolute Gasteiger partial charge is 0.497 e. The van der Waals surface area contributed by atoms with Crippen molar-refractivity contribution in [3.8, 4) is 0 Å². The maximum atomic E-state index is 11.5. The molecule has 1 heterocycles. The Morgan fingerprint density at radius 2 is 2.11 bits per heavy atom. The molecule has 4 nitrogen and oxygen atoms in total. The predicted octanol–water partition coefficient (Wildman–Crippen LogP) is 1.73. The molecule has 100 valence electrons. The fraction of sp³-hybridized carbons (Fsp3) is 0.643. The third kappa shape index (κ3) is 2.93. The van der Waals surface area contributed by atoms with Crippen molar-refractivity contribution >= 4 is 5.97 Å². The molecule has 1 aliphatic heterocycles. The summed E-state index contributed by atoms with van der Waals surface area (Å²) >= 11 is 0. The molecule has 0 aromatic rings. The minimum absolute atomic E-state index is 0.193. The van der Waals surface area contributed by atoms with Crippen LogP contribution >= 0.6 is 0 Å². The molecule has 0 aromatic heterocycles. The van der Waals surface area contributed by atoms with Gasteiger partial charge in [-0.15, -0.1) is 0 Å². The van der Waals surface area contributed by atoms with Gasteiger partial charge in [0.15, 0.2) is 0 Å². The summed E-state index contributed by atoms with van der Waals surface area (Å²) in [6.45, 7) is 3.25. The Bertz CT molecular complexity index is 367. The lowest BCUT2D eigenvalue weighted by atomic mass is 9.95. The molecule has 2 rings (SSSR count). The highest BCUT2D eigenvalue weighted by atomic mass is 16.5. The first-order valence-corrected chi connectivity index (χ1v) is 6.50. The van der Waals surface area contributed by atoms with E-state index in [0.29, 0.717) is 6.42 Å². The molecule has 4 heteroatoms. The van der Waals surface area contributed by atoms with E-state index in [2.05, 4.69) is 11.0 Å². The van der Waals surface area contributed by atoms with Crippen molar-refractivity contribution in [3.63, 3.8) is 0 Å². The first kappa shape index (κ1) is 13.1. The highest BCUT2D eigenvalue weighted by molar-refractivity contribution is 5.75. The van der Waals surface area contributed by atoms with Crippen LogP contribution in [0.5, 0.6) is 0 Å². The Labute approximate surface area is 108 Å². The molecule has 1 aliphatic carbocycles. The molecule has 0 amide bonds. The molecule has 1 saturated heterocycles. The van der Waals surface area contributed by atoms with Crippen molar-refractivity contribution in [2.45, 2.75) is 19.3 Å². The SMILES string of the molecule is COC(=O)C1C=C(OC)C(CN2CCCC2)=CC1. The number of esters is 1. The molecule has 2 aliphatic rings. The number of hydrogen-bond donors (Lipinski definition) is 0. The lowest BCUT2D eigenvalue weighted by Gasteiger charge is -2.23. The minimum atomic E-state index is -0.202. The van der Waals surface area contributed by atoms with Crippen LogP contribution in [-0.4, -0.2) is 44.7 Å². The summed E-state index contributed by atoms with van der Waals surface area (Å²) in [4.78, 5) is 13.9. The van der Waals surface area contributed by atoms with Gasteiger partial charge in [-0.3, -0.25) is 9.69 Å².